The smallest absolute Gasteiger partial charge is 0.241 e. The minimum Gasteiger partial charge on any atom is -0.325 e. The Morgan fingerprint density at radius 2 is 1.62 bits per heavy atom. The van der Waals surface area contributed by atoms with E-state index in [2.05, 4.69) is 10.6 Å². The maximum absolute atomic E-state index is 12.3. The summed E-state index contributed by atoms with van der Waals surface area (Å²) in [6.07, 6.45) is 0. The lowest BCUT2D eigenvalue weighted by atomic mass is 10.2. The minimum absolute atomic E-state index is 0.0583. The number of amides is 2. The number of hydrogen-bond donors (Lipinski definition) is 2. The molecule has 0 aromatic heterocycles. The molecule has 26 heavy (non-hydrogen) atoms. The topological polar surface area (TPSA) is 61.4 Å². The Morgan fingerprint density at radius 3 is 2.23 bits per heavy atom. The van der Waals surface area contributed by atoms with Crippen molar-refractivity contribution in [1.82, 2.24) is 4.90 Å². The summed E-state index contributed by atoms with van der Waals surface area (Å²) >= 11 is 11.8. The van der Waals surface area contributed by atoms with Crippen molar-refractivity contribution >= 4 is 46.4 Å². The highest BCUT2D eigenvalue weighted by molar-refractivity contribution is 6.42. The molecule has 0 saturated heterocycles. The second kappa shape index (κ2) is 9.03. The summed E-state index contributed by atoms with van der Waals surface area (Å²) in [5.41, 5.74) is 2.39. The number of aryl methyl sites for hydroxylation is 1. The number of anilines is 2. The van der Waals surface area contributed by atoms with Crippen LogP contribution in [0.3, 0.4) is 0 Å². The summed E-state index contributed by atoms with van der Waals surface area (Å²) in [7, 11) is 1.72. The third kappa shape index (κ3) is 5.73. The van der Waals surface area contributed by atoms with Gasteiger partial charge in [-0.15, -0.1) is 0 Å². The molecule has 0 heterocycles. The van der Waals surface area contributed by atoms with Crippen molar-refractivity contribution in [1.29, 1.82) is 0 Å². The molecule has 2 aromatic rings. The molecule has 0 aliphatic heterocycles. The highest BCUT2D eigenvalue weighted by atomic mass is 35.5. The first-order valence-electron chi connectivity index (χ1n) is 8.09. The van der Waals surface area contributed by atoms with E-state index >= 15 is 0 Å². The van der Waals surface area contributed by atoms with Crippen LogP contribution < -0.4 is 10.6 Å². The Bertz CT molecular complexity index is 794. The molecule has 0 radical (unpaired) electrons. The van der Waals surface area contributed by atoms with Gasteiger partial charge in [-0.2, -0.15) is 0 Å². The fraction of sp³-hybridized carbons (Fsp3) is 0.263. The van der Waals surface area contributed by atoms with Gasteiger partial charge in [0.05, 0.1) is 22.6 Å². The van der Waals surface area contributed by atoms with Gasteiger partial charge < -0.3 is 10.6 Å². The Hall–Kier alpha value is -2.08. The number of benzene rings is 2. The second-order valence-electron chi connectivity index (χ2n) is 6.12. The van der Waals surface area contributed by atoms with Crippen LogP contribution in [0.4, 0.5) is 11.4 Å². The number of nitrogens with one attached hydrogen (secondary N) is 2. The highest BCUT2D eigenvalue weighted by Gasteiger charge is 2.20. The van der Waals surface area contributed by atoms with E-state index in [0.717, 1.165) is 11.3 Å². The number of hydrogen-bond acceptors (Lipinski definition) is 3. The van der Waals surface area contributed by atoms with Crippen molar-refractivity contribution in [3.8, 4) is 0 Å². The molecule has 138 valence electrons. The third-order valence-electron chi connectivity index (χ3n) is 3.96. The fourth-order valence-corrected chi connectivity index (χ4v) is 2.52. The van der Waals surface area contributed by atoms with Gasteiger partial charge in [-0.3, -0.25) is 14.5 Å². The van der Waals surface area contributed by atoms with E-state index in [9.17, 15) is 9.59 Å². The van der Waals surface area contributed by atoms with E-state index in [1.165, 1.54) is 0 Å². The van der Waals surface area contributed by atoms with Crippen molar-refractivity contribution in [3.05, 3.63) is 58.1 Å². The summed E-state index contributed by atoms with van der Waals surface area (Å²) in [5, 5.41) is 6.36. The monoisotopic (exact) mass is 393 g/mol. The van der Waals surface area contributed by atoms with Crippen LogP contribution in [-0.2, 0) is 9.59 Å². The predicted molar refractivity (Wildman–Crippen MR) is 107 cm³/mol. The number of halogens is 2. The van der Waals surface area contributed by atoms with E-state index in [4.69, 9.17) is 23.2 Å². The van der Waals surface area contributed by atoms with Gasteiger partial charge in [0.1, 0.15) is 0 Å². The molecule has 0 fully saturated rings. The number of carbonyl (C=O) groups is 2. The molecule has 2 amide bonds. The highest BCUT2D eigenvalue weighted by Crippen LogP contribution is 2.24. The van der Waals surface area contributed by atoms with E-state index in [1.807, 2.05) is 31.2 Å². The molecule has 0 aliphatic carbocycles. The quantitative estimate of drug-likeness (QED) is 0.772. The third-order valence-corrected chi connectivity index (χ3v) is 4.70. The van der Waals surface area contributed by atoms with Crippen molar-refractivity contribution in [2.24, 2.45) is 0 Å². The van der Waals surface area contributed by atoms with Crippen molar-refractivity contribution in [3.63, 3.8) is 0 Å². The van der Waals surface area contributed by atoms with Crippen LogP contribution in [0.2, 0.25) is 10.0 Å². The first-order valence-corrected chi connectivity index (χ1v) is 8.84. The number of likely N-dealkylation sites (N-methyl/N-ethyl adjacent to an activating group) is 1. The molecule has 1 atom stereocenters. The molecule has 7 heteroatoms. The average molecular weight is 394 g/mol. The molecule has 0 aliphatic rings. The van der Waals surface area contributed by atoms with Gasteiger partial charge in [-0.05, 0) is 51.2 Å². The van der Waals surface area contributed by atoms with Gasteiger partial charge in [0, 0.05) is 11.4 Å². The van der Waals surface area contributed by atoms with E-state index in [-0.39, 0.29) is 18.4 Å². The molecule has 2 N–H and O–H groups in total. The van der Waals surface area contributed by atoms with Crippen LogP contribution in [-0.4, -0.2) is 36.3 Å². The van der Waals surface area contributed by atoms with Gasteiger partial charge in [0.25, 0.3) is 0 Å². The second-order valence-corrected chi connectivity index (χ2v) is 6.94. The van der Waals surface area contributed by atoms with E-state index < -0.39 is 6.04 Å². The molecule has 0 saturated carbocycles. The summed E-state index contributed by atoms with van der Waals surface area (Å²) in [6.45, 7) is 3.78. The Kier molecular flexibility index (Phi) is 7.03. The van der Waals surface area contributed by atoms with Gasteiger partial charge in [0.15, 0.2) is 0 Å². The van der Waals surface area contributed by atoms with Gasteiger partial charge >= 0.3 is 0 Å². The number of carbonyl (C=O) groups excluding carboxylic acids is 2. The minimum atomic E-state index is -0.476. The molecule has 2 rings (SSSR count). The van der Waals surface area contributed by atoms with Crippen LogP contribution in [0.25, 0.3) is 0 Å². The van der Waals surface area contributed by atoms with Gasteiger partial charge in [-0.25, -0.2) is 0 Å². The molecule has 0 bridgehead atoms. The van der Waals surface area contributed by atoms with Gasteiger partial charge in [0.2, 0.25) is 11.8 Å². The maximum atomic E-state index is 12.3. The largest absolute Gasteiger partial charge is 0.325 e. The van der Waals surface area contributed by atoms with E-state index in [1.54, 1.807) is 37.1 Å². The summed E-state index contributed by atoms with van der Waals surface area (Å²) in [4.78, 5) is 26.2. The number of rotatable bonds is 6. The van der Waals surface area contributed by atoms with Crippen LogP contribution >= 0.6 is 23.2 Å². The molecule has 5 nitrogen and oxygen atoms in total. The SMILES string of the molecule is Cc1ccc(NC(=O)C(C)N(C)CC(=O)Nc2ccc(Cl)c(Cl)c2)cc1. The van der Waals surface area contributed by atoms with Crippen molar-refractivity contribution < 1.29 is 9.59 Å². The summed E-state index contributed by atoms with van der Waals surface area (Å²) < 4.78 is 0. The molecule has 0 spiro atoms. The zero-order valence-electron chi connectivity index (χ0n) is 14.8. The van der Waals surface area contributed by atoms with Crippen LogP contribution in [0.1, 0.15) is 12.5 Å². The Morgan fingerprint density at radius 1 is 1.00 bits per heavy atom. The normalized spacial score (nSPS) is 11.9. The molecular weight excluding hydrogens is 373 g/mol. The predicted octanol–water partition coefficient (Wildman–Crippen LogP) is 4.20. The summed E-state index contributed by atoms with van der Waals surface area (Å²) in [5.74, 6) is -0.431. The van der Waals surface area contributed by atoms with E-state index in [0.29, 0.717) is 15.7 Å². The first-order chi connectivity index (χ1) is 12.3. The van der Waals surface area contributed by atoms with Gasteiger partial charge in [-0.1, -0.05) is 40.9 Å². The fourth-order valence-electron chi connectivity index (χ4n) is 2.22. The van der Waals surface area contributed by atoms with Crippen molar-refractivity contribution in [2.45, 2.75) is 19.9 Å². The molecular formula is C19H21Cl2N3O2. The Balaban J connectivity index is 1.89. The van der Waals surface area contributed by atoms with Crippen LogP contribution in [0, 0.1) is 6.92 Å². The maximum Gasteiger partial charge on any atom is 0.241 e. The first kappa shape index (κ1) is 20.2. The molecule has 2 aromatic carbocycles. The Labute approximate surface area is 163 Å². The standard InChI is InChI=1S/C19H21Cl2N3O2/c1-12-4-6-14(7-5-12)23-19(26)13(2)24(3)11-18(25)22-15-8-9-16(20)17(21)10-15/h4-10,13H,11H2,1-3H3,(H,22,25)(H,23,26). The van der Waals surface area contributed by atoms with Crippen LogP contribution in [0.15, 0.2) is 42.5 Å². The summed E-state index contributed by atoms with van der Waals surface area (Å²) in [6, 6.07) is 11.9. The molecule has 1 unspecified atom stereocenters. The lowest BCUT2D eigenvalue weighted by molar-refractivity contribution is -0.122. The zero-order chi connectivity index (χ0) is 19.3. The zero-order valence-corrected chi connectivity index (χ0v) is 16.4. The van der Waals surface area contributed by atoms with Crippen LogP contribution in [0.5, 0.6) is 0 Å². The van der Waals surface area contributed by atoms with Crippen molar-refractivity contribution in [2.75, 3.05) is 24.2 Å². The lowest BCUT2D eigenvalue weighted by Gasteiger charge is -2.23. The lowest BCUT2D eigenvalue weighted by Crippen LogP contribution is -2.43. The number of nitrogens with zero attached hydrogens (tertiary/aromatic N) is 1. The average Bonchev–Trinajstić information content (AvgIpc) is 2.59.